The first-order valence-corrected chi connectivity index (χ1v) is 10.7. The maximum Gasteiger partial charge on any atom is 0.308 e. The summed E-state index contributed by atoms with van der Waals surface area (Å²) in [6, 6.07) is 1.27. The van der Waals surface area contributed by atoms with Crippen molar-refractivity contribution >= 4 is 23.0 Å². The molecular weight excluding hydrogens is 372 g/mol. The van der Waals surface area contributed by atoms with Gasteiger partial charge in [-0.25, -0.2) is 0 Å². The number of hydrogen-bond donors (Lipinski definition) is 0. The molecule has 2 aromatic rings. The highest BCUT2D eigenvalue weighted by atomic mass is 32.1. The van der Waals surface area contributed by atoms with Gasteiger partial charge in [0.25, 0.3) is 5.56 Å². The molecule has 1 aliphatic heterocycles. The number of hydrogen-bond acceptors (Lipinski definition) is 5. The summed E-state index contributed by atoms with van der Waals surface area (Å²) < 4.78 is 6.81. The predicted octanol–water partition coefficient (Wildman–Crippen LogP) is 4.33. The van der Waals surface area contributed by atoms with Crippen LogP contribution in [0, 0.1) is 19.8 Å². The van der Waals surface area contributed by atoms with Crippen LogP contribution >= 0.6 is 11.3 Å². The van der Waals surface area contributed by atoms with E-state index in [0.29, 0.717) is 12.5 Å². The van der Waals surface area contributed by atoms with Crippen LogP contribution in [0.3, 0.4) is 0 Å². The van der Waals surface area contributed by atoms with Crippen molar-refractivity contribution in [1.29, 1.82) is 0 Å². The first-order chi connectivity index (χ1) is 13.4. The van der Waals surface area contributed by atoms with E-state index in [0.717, 1.165) is 23.3 Å². The number of esters is 1. The molecule has 0 amide bonds. The summed E-state index contributed by atoms with van der Waals surface area (Å²) in [5.74, 6) is 0.411. The van der Waals surface area contributed by atoms with E-state index in [1.54, 1.807) is 35.9 Å². The van der Waals surface area contributed by atoms with E-state index in [4.69, 9.17) is 9.73 Å². The van der Waals surface area contributed by atoms with Crippen molar-refractivity contribution < 1.29 is 9.53 Å². The lowest BCUT2D eigenvalue weighted by Gasteiger charge is -2.15. The number of rotatable bonds is 5. The summed E-state index contributed by atoms with van der Waals surface area (Å²) in [4.78, 5) is 32.2. The number of pyridine rings is 1. The first kappa shape index (κ1) is 19.1. The molecule has 1 atom stereocenters. The molecule has 0 spiro atoms. The summed E-state index contributed by atoms with van der Waals surface area (Å²) >= 11 is 1.76. The maximum absolute atomic E-state index is 12.4. The Hall–Kier alpha value is -2.21. The second-order valence-corrected chi connectivity index (χ2v) is 9.05. The summed E-state index contributed by atoms with van der Waals surface area (Å²) in [5, 5.41) is 0. The third kappa shape index (κ3) is 3.46. The molecule has 6 heteroatoms. The van der Waals surface area contributed by atoms with Gasteiger partial charge in [0.2, 0.25) is 0 Å². The van der Waals surface area contributed by atoms with Gasteiger partial charge in [-0.1, -0.05) is 0 Å². The van der Waals surface area contributed by atoms with Gasteiger partial charge in [-0.15, -0.1) is 11.3 Å². The van der Waals surface area contributed by atoms with Gasteiger partial charge in [-0.05, 0) is 57.1 Å². The van der Waals surface area contributed by atoms with E-state index < -0.39 is 0 Å². The van der Waals surface area contributed by atoms with Gasteiger partial charge in [-0.3, -0.25) is 14.6 Å². The van der Waals surface area contributed by atoms with Crippen LogP contribution in [0.4, 0.5) is 0 Å². The van der Waals surface area contributed by atoms with Crippen molar-refractivity contribution in [3.05, 3.63) is 44.2 Å². The molecule has 0 aromatic carbocycles. The number of aryl methyl sites for hydroxylation is 2. The number of fused-ring (bicyclic) bond motifs is 3. The van der Waals surface area contributed by atoms with Crippen LogP contribution in [-0.4, -0.2) is 22.9 Å². The number of ether oxygens (including phenoxy) is 1. The van der Waals surface area contributed by atoms with Crippen molar-refractivity contribution in [1.82, 2.24) is 4.57 Å². The minimum atomic E-state index is -0.379. The largest absolute Gasteiger partial charge is 0.466 e. The number of carbonyl (C=O) groups excluding carboxylic acids is 1. The lowest BCUT2D eigenvalue weighted by atomic mass is 9.96. The second-order valence-electron chi connectivity index (χ2n) is 7.83. The molecule has 0 bridgehead atoms. The average molecular weight is 399 g/mol. The van der Waals surface area contributed by atoms with E-state index in [2.05, 4.69) is 13.8 Å². The quantitative estimate of drug-likeness (QED) is 0.705. The zero-order valence-corrected chi connectivity index (χ0v) is 17.7. The Morgan fingerprint density at radius 2 is 2.11 bits per heavy atom. The number of nitrogens with zero attached hydrogens (tertiary/aromatic N) is 2. The van der Waals surface area contributed by atoms with Crippen LogP contribution in [0.2, 0.25) is 0 Å². The van der Waals surface area contributed by atoms with Gasteiger partial charge in [0.05, 0.1) is 19.1 Å². The van der Waals surface area contributed by atoms with Gasteiger partial charge in [-0.2, -0.15) is 0 Å². The fraction of sp³-hybridized carbons (Fsp3) is 0.500. The molecule has 0 radical (unpaired) electrons. The van der Waals surface area contributed by atoms with Gasteiger partial charge in [0.15, 0.2) is 0 Å². The van der Waals surface area contributed by atoms with Gasteiger partial charge >= 0.3 is 5.97 Å². The molecule has 1 saturated carbocycles. The Morgan fingerprint density at radius 1 is 1.36 bits per heavy atom. The molecular formula is C22H26N2O3S. The van der Waals surface area contributed by atoms with E-state index in [1.807, 2.05) is 6.20 Å². The van der Waals surface area contributed by atoms with E-state index in [-0.39, 0.29) is 24.0 Å². The van der Waals surface area contributed by atoms with Crippen LogP contribution < -0.4 is 5.56 Å². The Kier molecular flexibility index (Phi) is 5.00. The lowest BCUT2D eigenvalue weighted by molar-refractivity contribution is -0.143. The number of aliphatic imine (C=N–C) groups is 1. The van der Waals surface area contributed by atoms with Crippen LogP contribution in [0.5, 0.6) is 0 Å². The predicted molar refractivity (Wildman–Crippen MR) is 112 cm³/mol. The monoisotopic (exact) mass is 398 g/mol. The lowest BCUT2D eigenvalue weighted by Crippen LogP contribution is -2.18. The van der Waals surface area contributed by atoms with Crippen LogP contribution in [-0.2, 0) is 16.6 Å². The number of carbonyl (C=O) groups is 1. The molecule has 0 saturated heterocycles. The normalized spacial score (nSPS) is 18.1. The van der Waals surface area contributed by atoms with Crippen LogP contribution in [0.25, 0.3) is 10.4 Å². The minimum absolute atomic E-state index is 0.0833. The van der Waals surface area contributed by atoms with E-state index >= 15 is 0 Å². The molecule has 1 aliphatic carbocycles. The standard InChI is InChI=1S/C22H26N2O3S/c1-5-27-20(26)10-17-15-9-19(25)24(4)11-16(15)22-21(12(2)13(3)28-22)18(23-17)8-14-6-7-14/h9,11,14,17H,5-8,10H2,1-4H3. The number of aromatic nitrogens is 1. The highest BCUT2D eigenvalue weighted by Crippen LogP contribution is 2.45. The zero-order chi connectivity index (χ0) is 20.0. The molecule has 28 heavy (non-hydrogen) atoms. The smallest absolute Gasteiger partial charge is 0.308 e. The van der Waals surface area contributed by atoms with Gasteiger partial charge in [0.1, 0.15) is 0 Å². The Labute approximate surface area is 169 Å². The van der Waals surface area contributed by atoms with E-state index in [9.17, 15) is 9.59 Å². The summed E-state index contributed by atoms with van der Waals surface area (Å²) in [6.45, 7) is 6.45. The van der Waals surface area contributed by atoms with Crippen molar-refractivity contribution in [2.24, 2.45) is 18.0 Å². The Bertz CT molecular complexity index is 1030. The second kappa shape index (κ2) is 7.32. The van der Waals surface area contributed by atoms with Crippen molar-refractivity contribution in [3.63, 3.8) is 0 Å². The highest BCUT2D eigenvalue weighted by Gasteiger charge is 2.33. The molecule has 1 unspecified atom stereocenters. The summed E-state index contributed by atoms with van der Waals surface area (Å²) in [7, 11) is 1.77. The maximum atomic E-state index is 12.4. The van der Waals surface area contributed by atoms with Crippen molar-refractivity contribution in [2.45, 2.75) is 52.5 Å². The third-order valence-corrected chi connectivity index (χ3v) is 6.93. The minimum Gasteiger partial charge on any atom is -0.466 e. The fourth-order valence-electron chi connectivity index (χ4n) is 3.88. The molecule has 2 aliphatic rings. The van der Waals surface area contributed by atoms with Gasteiger partial charge < -0.3 is 9.30 Å². The highest BCUT2D eigenvalue weighted by molar-refractivity contribution is 7.16. The van der Waals surface area contributed by atoms with Crippen molar-refractivity contribution in [2.75, 3.05) is 6.61 Å². The third-order valence-electron chi connectivity index (χ3n) is 5.69. The first-order valence-electron chi connectivity index (χ1n) is 9.92. The molecule has 148 valence electrons. The van der Waals surface area contributed by atoms with E-state index in [1.165, 1.54) is 33.7 Å². The van der Waals surface area contributed by atoms with Crippen LogP contribution in [0.1, 0.15) is 60.2 Å². The zero-order valence-electron chi connectivity index (χ0n) is 16.9. The molecule has 4 rings (SSSR count). The Balaban J connectivity index is 1.92. The topological polar surface area (TPSA) is 60.7 Å². The molecule has 3 heterocycles. The molecule has 0 N–H and O–H groups in total. The number of thiophene rings is 1. The summed E-state index contributed by atoms with van der Waals surface area (Å²) in [6.07, 6.45) is 5.49. The van der Waals surface area contributed by atoms with Crippen molar-refractivity contribution in [3.8, 4) is 10.4 Å². The Morgan fingerprint density at radius 3 is 2.79 bits per heavy atom. The van der Waals surface area contributed by atoms with Gasteiger partial charge in [0, 0.05) is 45.9 Å². The molecule has 2 aromatic heterocycles. The molecule has 1 fully saturated rings. The molecule has 5 nitrogen and oxygen atoms in total. The SMILES string of the molecule is CCOC(=O)CC1N=C(CC2CC2)c2c(sc(C)c2C)-c2cn(C)c(=O)cc21. The summed E-state index contributed by atoms with van der Waals surface area (Å²) in [5.41, 5.74) is 5.32. The van der Waals surface area contributed by atoms with Crippen LogP contribution in [0.15, 0.2) is 22.1 Å². The average Bonchev–Trinajstić information content (AvgIpc) is 3.41. The fourth-order valence-corrected chi connectivity index (χ4v) is 5.09.